The van der Waals surface area contributed by atoms with E-state index in [1.165, 1.54) is 33.0 Å². The zero-order valence-electron chi connectivity index (χ0n) is 59.6. The molecule has 0 amide bonds. The van der Waals surface area contributed by atoms with Crippen LogP contribution in [0.25, 0.3) is 147 Å². The van der Waals surface area contributed by atoms with E-state index in [1.54, 1.807) is 0 Å². The number of nitrogens with zero attached hydrogens (tertiary/aromatic N) is 5. The molecule has 3 heterocycles. The summed E-state index contributed by atoms with van der Waals surface area (Å²) in [5, 5.41) is 13.7. The van der Waals surface area contributed by atoms with Crippen molar-refractivity contribution in [1.29, 1.82) is 0 Å². The zero-order chi connectivity index (χ0) is 72.4. The molecule has 7 heteroatoms. The summed E-state index contributed by atoms with van der Waals surface area (Å²) in [5.41, 5.74) is 22.0. The summed E-state index contributed by atoms with van der Waals surface area (Å²) in [5.74, 6) is 0.716. The second-order valence-corrected chi connectivity index (χ2v) is 28.9. The van der Waals surface area contributed by atoms with Gasteiger partial charge in [-0.1, -0.05) is 269 Å². The van der Waals surface area contributed by atoms with Crippen molar-refractivity contribution in [1.82, 2.24) is 4.98 Å². The molecule has 7 nitrogen and oxygen atoms in total. The minimum Gasteiger partial charge on any atom is -0.457 e. The number of aromatic nitrogens is 1. The fourth-order valence-electron chi connectivity index (χ4n) is 17.5. The molecule has 0 spiro atoms. The molecule has 0 N–H and O–H groups in total. The van der Waals surface area contributed by atoms with Gasteiger partial charge in [-0.15, -0.1) is 0 Å². The quantitative estimate of drug-likeness (QED) is 0.0693. The Kier molecular flexibility index (Phi) is 14.5. The summed E-state index contributed by atoms with van der Waals surface area (Å²) in [7, 11) is 0. The summed E-state index contributed by atoms with van der Waals surface area (Å²) >= 11 is 0. The monoisotopic (exact) mass is 1390 g/mol. The maximum atomic E-state index is 8.88. The summed E-state index contributed by atoms with van der Waals surface area (Å²) in [6, 6.07) is 126. The first kappa shape index (κ1) is 63.1. The van der Waals surface area contributed by atoms with E-state index >= 15 is 0 Å². The van der Waals surface area contributed by atoms with Crippen LogP contribution in [-0.2, 0) is 5.41 Å². The van der Waals surface area contributed by atoms with Crippen LogP contribution in [0.2, 0.25) is 0 Å². The van der Waals surface area contributed by atoms with Crippen molar-refractivity contribution in [3.05, 3.63) is 392 Å². The summed E-state index contributed by atoms with van der Waals surface area (Å²) in [6.45, 7) is 13.6. The first-order valence-electron chi connectivity index (χ1n) is 37.0. The maximum Gasteiger partial charge on any atom is 0.198 e. The fourth-order valence-corrected chi connectivity index (χ4v) is 17.5. The molecule has 0 fully saturated rings. The number of para-hydroxylation sites is 1. The summed E-state index contributed by atoms with van der Waals surface area (Å²) < 4.78 is 15.4. The van der Waals surface area contributed by atoms with Crippen LogP contribution < -0.4 is 9.80 Å². The third-order valence-electron chi connectivity index (χ3n) is 22.4. The minimum absolute atomic E-state index is 0.347. The predicted octanol–water partition coefficient (Wildman–Crippen LogP) is 28.6. The Labute approximate surface area is 629 Å². The van der Waals surface area contributed by atoms with Crippen LogP contribution >= 0.6 is 0 Å². The number of anilines is 6. The molecule has 0 saturated carbocycles. The molecular weight excluding hydrogens is 1330 g/mol. The van der Waals surface area contributed by atoms with Gasteiger partial charge in [-0.25, -0.2) is 14.8 Å². The predicted molar refractivity (Wildman–Crippen MR) is 454 cm³/mol. The van der Waals surface area contributed by atoms with Gasteiger partial charge in [0.15, 0.2) is 5.69 Å². The first-order chi connectivity index (χ1) is 53.8. The highest BCUT2D eigenvalue weighted by Gasteiger charge is 2.37. The SMILES string of the molecule is [C-]#[N+]c1cccc2oc3c(c(-c4ccccc4)cc4c(N(c5ccc6c(c5)C(C)(C)c5ccccc5-6)c5cc(-c6ccccc6)ccn5)cc5c(/C(=N\c6ccccc6)c6ccccc6)cc6oc7cc(N(c8cccc9ccccc89)c8cc(-c9cccc%10ccccc9%10)cc9ccccc89)ccc7c6c5c43)c12. The van der Waals surface area contributed by atoms with Gasteiger partial charge in [-0.2, -0.15) is 0 Å². The lowest BCUT2D eigenvalue weighted by molar-refractivity contribution is 0.660. The van der Waals surface area contributed by atoms with E-state index in [0.717, 1.165) is 149 Å². The van der Waals surface area contributed by atoms with Crippen LogP contribution in [0, 0.1) is 6.57 Å². The smallest absolute Gasteiger partial charge is 0.198 e. The lowest BCUT2D eigenvalue weighted by atomic mass is 9.82. The number of aliphatic imine (C=N–C) groups is 1. The highest BCUT2D eigenvalue weighted by molar-refractivity contribution is 6.40. The fraction of sp³-hybridized carbons (Fsp3) is 0.0294. The number of hydrogen-bond acceptors (Lipinski definition) is 6. The highest BCUT2D eigenvalue weighted by Crippen LogP contribution is 2.56. The lowest BCUT2D eigenvalue weighted by Crippen LogP contribution is -2.17. The van der Waals surface area contributed by atoms with Gasteiger partial charge < -0.3 is 13.7 Å². The van der Waals surface area contributed by atoms with E-state index in [2.05, 4.69) is 344 Å². The number of rotatable bonds is 12. The molecule has 0 bridgehead atoms. The van der Waals surface area contributed by atoms with E-state index in [1.807, 2.05) is 42.6 Å². The first-order valence-corrected chi connectivity index (χ1v) is 37.0. The summed E-state index contributed by atoms with van der Waals surface area (Å²) in [6.07, 6.45) is 1.94. The number of benzene rings is 17. The van der Waals surface area contributed by atoms with Gasteiger partial charge in [0.2, 0.25) is 0 Å². The second-order valence-electron chi connectivity index (χ2n) is 28.9. The number of furan rings is 2. The molecule has 0 unspecified atom stereocenters. The van der Waals surface area contributed by atoms with Gasteiger partial charge in [0.05, 0.1) is 35.0 Å². The molecule has 510 valence electrons. The molecule has 0 radical (unpaired) electrons. The Bertz CT molecular complexity index is 7200. The number of fused-ring (bicyclic) bond motifs is 17. The van der Waals surface area contributed by atoms with E-state index in [0.29, 0.717) is 33.8 Å². The normalized spacial score (nSPS) is 12.6. The van der Waals surface area contributed by atoms with Gasteiger partial charge in [0.25, 0.3) is 0 Å². The van der Waals surface area contributed by atoms with Crippen LogP contribution in [0.4, 0.5) is 45.6 Å². The lowest BCUT2D eigenvalue weighted by Gasteiger charge is -2.29. The maximum absolute atomic E-state index is 8.88. The van der Waals surface area contributed by atoms with E-state index < -0.39 is 0 Å². The van der Waals surface area contributed by atoms with Crippen LogP contribution in [0.3, 0.4) is 0 Å². The standard InChI is InChI=1S/C102H65N5O2/c1-102(2)85-45-23-22-43-78(85)79-51-49-72(58-86(79)102)107(94-57-68(53-54-104-94)63-27-8-4-9-28-63)90-61-82-83(100(67-33-12-6-13-34-67)105-71-38-14-7-15-39-71)62-93-95(96(82)98-84(90)60-81(66-29-10-5-11-30-66)97-99-87(103-3)46-26-48-91(99)109-101(97)98)80-52-50-73(59-92(80)108-93)106(88-47-25-37-65-32-17-20-41-76(65)88)89-56-70(55-69-35-18-21-42-77(69)89)75-44-24-36-64-31-16-19-40-74(64)75/h4-62H,1-2H3/b105-100-. The van der Waals surface area contributed by atoms with Gasteiger partial charge in [-0.05, 0) is 174 Å². The largest absolute Gasteiger partial charge is 0.457 e. The molecule has 0 aliphatic heterocycles. The Morgan fingerprint density at radius 3 is 1.77 bits per heavy atom. The topological polar surface area (TPSA) is 62.4 Å². The van der Waals surface area contributed by atoms with Gasteiger partial charge >= 0.3 is 0 Å². The molecule has 1 aliphatic carbocycles. The second kappa shape index (κ2) is 25.1. The molecule has 17 aromatic carbocycles. The molecule has 109 heavy (non-hydrogen) atoms. The Balaban J connectivity index is 0.929. The molecule has 21 rings (SSSR count). The third kappa shape index (κ3) is 10.2. The van der Waals surface area contributed by atoms with Crippen LogP contribution in [-0.4, -0.2) is 10.7 Å². The molecule has 20 aromatic rings. The molecule has 3 aromatic heterocycles. The molecule has 1 aliphatic rings. The van der Waals surface area contributed by atoms with Crippen molar-refractivity contribution in [2.75, 3.05) is 9.80 Å². The van der Waals surface area contributed by atoms with Gasteiger partial charge in [-0.3, -0.25) is 4.90 Å². The van der Waals surface area contributed by atoms with Crippen molar-refractivity contribution in [3.63, 3.8) is 0 Å². The van der Waals surface area contributed by atoms with Gasteiger partial charge in [0, 0.05) is 88.7 Å². The average Bonchev–Trinajstić information content (AvgIpc) is 1.63. The minimum atomic E-state index is -0.347. The van der Waals surface area contributed by atoms with Crippen molar-refractivity contribution < 1.29 is 8.83 Å². The van der Waals surface area contributed by atoms with Crippen LogP contribution in [0.15, 0.2) is 372 Å². The van der Waals surface area contributed by atoms with Crippen molar-refractivity contribution in [3.8, 4) is 44.5 Å². The molecule has 0 atom stereocenters. The Morgan fingerprint density at radius 2 is 0.982 bits per heavy atom. The van der Waals surface area contributed by atoms with Crippen LogP contribution in [0.1, 0.15) is 36.1 Å². The number of hydrogen-bond donors (Lipinski definition) is 0. The molecular formula is C102H65N5O2. The van der Waals surface area contributed by atoms with E-state index in [-0.39, 0.29) is 5.41 Å². The number of pyridine rings is 1. The zero-order valence-corrected chi connectivity index (χ0v) is 59.6. The van der Waals surface area contributed by atoms with E-state index in [4.69, 9.17) is 25.4 Å². The van der Waals surface area contributed by atoms with Crippen molar-refractivity contribution in [2.45, 2.75) is 19.3 Å². The van der Waals surface area contributed by atoms with Gasteiger partial charge in [0.1, 0.15) is 28.1 Å². The highest BCUT2D eigenvalue weighted by atomic mass is 16.3. The summed E-state index contributed by atoms with van der Waals surface area (Å²) in [4.78, 5) is 20.3. The molecule has 0 saturated heterocycles. The van der Waals surface area contributed by atoms with Crippen molar-refractivity contribution in [2.24, 2.45) is 4.99 Å². The third-order valence-corrected chi connectivity index (χ3v) is 22.4. The van der Waals surface area contributed by atoms with Crippen molar-refractivity contribution >= 4 is 149 Å². The van der Waals surface area contributed by atoms with Crippen LogP contribution in [0.5, 0.6) is 0 Å². The average molecular weight is 1390 g/mol. The van der Waals surface area contributed by atoms with E-state index in [9.17, 15) is 0 Å². The Morgan fingerprint density at radius 1 is 0.358 bits per heavy atom. The Hall–Kier alpha value is -14.5.